The Morgan fingerprint density at radius 2 is 1.66 bits per heavy atom. The Kier molecular flexibility index (Phi) is 6.87. The van der Waals surface area contributed by atoms with Gasteiger partial charge in [-0.2, -0.15) is 4.31 Å². The summed E-state index contributed by atoms with van der Waals surface area (Å²) in [5, 5.41) is 9.14. The molecule has 10 nitrogen and oxygen atoms in total. The van der Waals surface area contributed by atoms with Gasteiger partial charge in [-0.25, -0.2) is 8.42 Å². The number of aliphatic hydroxyl groups is 1. The van der Waals surface area contributed by atoms with Crippen molar-refractivity contribution in [3.8, 4) is 11.5 Å². The van der Waals surface area contributed by atoms with Gasteiger partial charge < -0.3 is 24.2 Å². The second-order valence-electron chi connectivity index (χ2n) is 10.0. The number of fused-ring (bicyclic) bond motifs is 1. The summed E-state index contributed by atoms with van der Waals surface area (Å²) in [6, 6.07) is 14.2. The van der Waals surface area contributed by atoms with Gasteiger partial charge >= 0.3 is 0 Å². The van der Waals surface area contributed by atoms with Crippen molar-refractivity contribution in [3.63, 3.8) is 0 Å². The predicted octanol–water partition coefficient (Wildman–Crippen LogP) is 1.04. The number of β-amino-alcohol motifs (C(OH)–C–C–N with tert-alkyl or cyclic N) is 1. The van der Waals surface area contributed by atoms with Crippen LogP contribution in [-0.2, 0) is 19.6 Å². The van der Waals surface area contributed by atoms with Crippen LogP contribution in [0.4, 0.5) is 0 Å². The first kappa shape index (κ1) is 25.3. The van der Waals surface area contributed by atoms with Crippen LogP contribution in [0.2, 0.25) is 0 Å². The summed E-state index contributed by atoms with van der Waals surface area (Å²) in [7, 11) is -3.73. The van der Waals surface area contributed by atoms with Crippen molar-refractivity contribution in [2.75, 3.05) is 65.6 Å². The molecule has 38 heavy (non-hydrogen) atoms. The maximum atomic E-state index is 13.7. The number of carbonyl (C=O) groups excluding carboxylic acids is 1. The van der Waals surface area contributed by atoms with Crippen LogP contribution in [0.5, 0.6) is 11.5 Å². The van der Waals surface area contributed by atoms with Crippen LogP contribution < -0.4 is 9.47 Å². The van der Waals surface area contributed by atoms with E-state index in [-0.39, 0.29) is 36.6 Å². The lowest BCUT2D eigenvalue weighted by Gasteiger charge is -2.40. The highest BCUT2D eigenvalue weighted by Crippen LogP contribution is 2.36. The van der Waals surface area contributed by atoms with Crippen LogP contribution >= 0.6 is 0 Å². The van der Waals surface area contributed by atoms with E-state index in [0.717, 1.165) is 16.7 Å². The fraction of sp³-hybridized carbons (Fsp3) is 0.444. The van der Waals surface area contributed by atoms with E-state index in [9.17, 15) is 13.2 Å². The Hall–Kier alpha value is -2.96. The monoisotopic (exact) mass is 541 g/mol. The van der Waals surface area contributed by atoms with Gasteiger partial charge in [-0.05, 0) is 28.8 Å². The van der Waals surface area contributed by atoms with Crippen molar-refractivity contribution in [1.29, 1.82) is 0 Å². The zero-order chi connectivity index (χ0) is 26.3. The number of ether oxygens (including phenoxy) is 3. The molecule has 1 unspecified atom stereocenters. The van der Waals surface area contributed by atoms with Crippen LogP contribution in [0, 0.1) is 0 Å². The number of hydrogen-bond acceptors (Lipinski definition) is 8. The van der Waals surface area contributed by atoms with E-state index in [1.165, 1.54) is 10.4 Å². The minimum Gasteiger partial charge on any atom is -0.486 e. The number of carbonyl (C=O) groups is 1. The summed E-state index contributed by atoms with van der Waals surface area (Å²) in [5.74, 6) is 0.865. The van der Waals surface area contributed by atoms with Crippen LogP contribution in [0.1, 0.15) is 11.7 Å². The number of likely N-dealkylation sites (tertiary alicyclic amines) is 1. The van der Waals surface area contributed by atoms with Crippen molar-refractivity contribution >= 4 is 15.9 Å². The maximum absolute atomic E-state index is 13.7. The summed E-state index contributed by atoms with van der Waals surface area (Å²) in [4.78, 5) is 17.7. The highest BCUT2D eigenvalue weighted by Gasteiger charge is 2.41. The fourth-order valence-corrected chi connectivity index (χ4v) is 6.85. The predicted molar refractivity (Wildman–Crippen MR) is 137 cm³/mol. The summed E-state index contributed by atoms with van der Waals surface area (Å²) in [5.41, 5.74) is 2.72. The minimum atomic E-state index is -3.73. The Bertz CT molecular complexity index is 1320. The fourth-order valence-electron chi connectivity index (χ4n) is 5.40. The first-order chi connectivity index (χ1) is 18.4. The lowest BCUT2D eigenvalue weighted by molar-refractivity contribution is -0.156. The number of amides is 1. The van der Waals surface area contributed by atoms with Crippen LogP contribution in [0.3, 0.4) is 0 Å². The molecule has 0 aromatic heterocycles. The average Bonchev–Trinajstić information content (AvgIpc) is 3.50. The first-order valence-electron chi connectivity index (χ1n) is 12.8. The Labute approximate surface area is 222 Å². The van der Waals surface area contributed by atoms with Gasteiger partial charge in [-0.3, -0.25) is 9.69 Å². The highest BCUT2D eigenvalue weighted by atomic mass is 32.2. The van der Waals surface area contributed by atoms with Gasteiger partial charge in [-0.1, -0.05) is 30.3 Å². The number of benzene rings is 2. The highest BCUT2D eigenvalue weighted by molar-refractivity contribution is 7.89. The number of sulfonamides is 1. The lowest BCUT2D eigenvalue weighted by atomic mass is 10.1. The normalized spacial score (nSPS) is 20.9. The molecule has 2 aromatic carbocycles. The van der Waals surface area contributed by atoms with Gasteiger partial charge in [0.1, 0.15) is 13.2 Å². The number of aliphatic hydroxyl groups excluding tert-OH is 1. The van der Waals surface area contributed by atoms with Crippen molar-refractivity contribution < 1.29 is 32.5 Å². The van der Waals surface area contributed by atoms with E-state index in [2.05, 4.69) is 4.90 Å². The molecular weight excluding hydrogens is 510 g/mol. The summed E-state index contributed by atoms with van der Waals surface area (Å²) in [6.07, 6.45) is -0.806. The Balaban J connectivity index is 1.11. The molecule has 4 aliphatic heterocycles. The van der Waals surface area contributed by atoms with Crippen LogP contribution in [0.15, 0.2) is 64.6 Å². The van der Waals surface area contributed by atoms with Crippen LogP contribution in [-0.4, -0.2) is 105 Å². The molecule has 11 heteroatoms. The third kappa shape index (κ3) is 4.80. The van der Waals surface area contributed by atoms with Gasteiger partial charge in [0, 0.05) is 51.9 Å². The van der Waals surface area contributed by atoms with Crippen LogP contribution in [0.25, 0.3) is 0 Å². The molecule has 0 bridgehead atoms. The molecule has 6 rings (SSSR count). The van der Waals surface area contributed by atoms with Crippen molar-refractivity contribution in [3.05, 3.63) is 65.2 Å². The Morgan fingerprint density at radius 3 is 2.34 bits per heavy atom. The molecule has 0 aliphatic carbocycles. The molecule has 4 aliphatic rings. The topological polar surface area (TPSA) is 109 Å². The molecule has 0 saturated carbocycles. The van der Waals surface area contributed by atoms with Gasteiger partial charge in [0.05, 0.1) is 17.6 Å². The third-order valence-corrected chi connectivity index (χ3v) is 9.24. The average molecular weight is 542 g/mol. The quantitative estimate of drug-likeness (QED) is 0.494. The lowest BCUT2D eigenvalue weighted by Crippen LogP contribution is -2.54. The zero-order valence-electron chi connectivity index (χ0n) is 21.0. The van der Waals surface area contributed by atoms with E-state index >= 15 is 0 Å². The summed E-state index contributed by atoms with van der Waals surface area (Å²) < 4.78 is 45.6. The maximum Gasteiger partial charge on any atom is 0.256 e. The van der Waals surface area contributed by atoms with E-state index in [0.29, 0.717) is 57.4 Å². The molecule has 1 atom stereocenters. The van der Waals surface area contributed by atoms with Crippen molar-refractivity contribution in [1.82, 2.24) is 14.1 Å². The van der Waals surface area contributed by atoms with E-state index in [1.807, 2.05) is 30.3 Å². The van der Waals surface area contributed by atoms with Crippen molar-refractivity contribution in [2.45, 2.75) is 17.1 Å². The third-order valence-electron chi connectivity index (χ3n) is 7.46. The molecule has 202 valence electrons. The van der Waals surface area contributed by atoms with Gasteiger partial charge in [0.2, 0.25) is 10.0 Å². The second-order valence-corrected chi connectivity index (χ2v) is 11.9. The molecular formula is C27H31N3O7S. The molecule has 4 heterocycles. The zero-order valence-corrected chi connectivity index (χ0v) is 21.8. The molecule has 1 saturated heterocycles. The summed E-state index contributed by atoms with van der Waals surface area (Å²) in [6.45, 7) is 4.16. The Morgan fingerprint density at radius 1 is 0.974 bits per heavy atom. The summed E-state index contributed by atoms with van der Waals surface area (Å²) >= 11 is 0. The second kappa shape index (κ2) is 10.3. The van der Waals surface area contributed by atoms with Gasteiger partial charge in [0.15, 0.2) is 17.6 Å². The van der Waals surface area contributed by atoms with E-state index in [1.54, 1.807) is 17.0 Å². The smallest absolute Gasteiger partial charge is 0.256 e. The van der Waals surface area contributed by atoms with Gasteiger partial charge in [0.25, 0.3) is 5.91 Å². The van der Waals surface area contributed by atoms with Crippen molar-refractivity contribution in [2.24, 2.45) is 0 Å². The minimum absolute atomic E-state index is 0.0789. The van der Waals surface area contributed by atoms with E-state index in [4.69, 9.17) is 19.3 Å². The van der Waals surface area contributed by atoms with E-state index < -0.39 is 16.1 Å². The first-order valence-corrected chi connectivity index (χ1v) is 14.3. The number of hydrogen-bond donors (Lipinski definition) is 1. The molecule has 1 amide bonds. The largest absolute Gasteiger partial charge is 0.486 e. The standard InChI is InChI=1S/C27H31N3O7S/c31-9-8-28-17-22(18-28)37-26(19-4-2-1-3-5-19)27(32)29-13-20-15-30(16-21(20)14-29)38(33,34)23-6-7-24-25(12-23)36-11-10-35-24/h1-7,12,22,26,31H,8-11,13-18H2. The molecule has 1 fully saturated rings. The number of rotatable bonds is 8. The molecule has 2 aromatic rings. The van der Waals surface area contributed by atoms with Gasteiger partial charge in [-0.15, -0.1) is 0 Å². The SMILES string of the molecule is O=C(C(OC1CN(CCO)C1)c1ccccc1)N1CC2=C(C1)CN(S(=O)(=O)c1ccc3c(c1)OCCO3)C2. The molecule has 1 N–H and O–H groups in total. The molecule has 0 radical (unpaired) electrons. The number of nitrogens with zero attached hydrogens (tertiary/aromatic N) is 3. The molecule has 0 spiro atoms.